The molecule has 1 rings (SSSR count). The van der Waals surface area contributed by atoms with Gasteiger partial charge in [-0.2, -0.15) is 0 Å². The smallest absolute Gasteiger partial charge is 0.145 e. The van der Waals surface area contributed by atoms with Crippen LogP contribution in [0.15, 0.2) is 29.8 Å². The summed E-state index contributed by atoms with van der Waals surface area (Å²) in [6.45, 7) is 1.64. The SMILES string of the molecule is CC(C=O)=Cc1ccccc1F. The summed E-state index contributed by atoms with van der Waals surface area (Å²) in [5.41, 5.74) is 0.960. The number of hydrogen-bond donors (Lipinski definition) is 0. The predicted octanol–water partition coefficient (Wildman–Crippen LogP) is 2.43. The minimum Gasteiger partial charge on any atom is -0.298 e. The van der Waals surface area contributed by atoms with Crippen molar-refractivity contribution in [3.63, 3.8) is 0 Å². The van der Waals surface area contributed by atoms with Crippen LogP contribution in [0.1, 0.15) is 12.5 Å². The van der Waals surface area contributed by atoms with Crippen LogP contribution in [0.3, 0.4) is 0 Å². The Bertz CT molecular complexity index is 315. The van der Waals surface area contributed by atoms with Crippen LogP contribution in [0.2, 0.25) is 0 Å². The minimum atomic E-state index is -0.307. The Hall–Kier alpha value is -1.44. The van der Waals surface area contributed by atoms with Crippen LogP contribution >= 0.6 is 0 Å². The molecule has 0 bridgehead atoms. The van der Waals surface area contributed by atoms with Crippen LogP contribution in [-0.2, 0) is 4.79 Å². The van der Waals surface area contributed by atoms with E-state index in [4.69, 9.17) is 0 Å². The molecule has 0 saturated carbocycles. The van der Waals surface area contributed by atoms with E-state index in [2.05, 4.69) is 0 Å². The van der Waals surface area contributed by atoms with Crippen molar-refractivity contribution in [2.75, 3.05) is 0 Å². The standard InChI is InChI=1S/C10H9FO/c1-8(7-12)6-9-4-2-3-5-10(9)11/h2-7H,1H3. The Morgan fingerprint density at radius 3 is 2.67 bits per heavy atom. The first-order valence-corrected chi connectivity index (χ1v) is 3.62. The molecule has 0 spiro atoms. The molecule has 1 aromatic rings. The molecule has 62 valence electrons. The molecule has 0 amide bonds. The summed E-state index contributed by atoms with van der Waals surface area (Å²) in [7, 11) is 0. The van der Waals surface area contributed by atoms with E-state index in [0.717, 1.165) is 0 Å². The molecule has 1 aromatic carbocycles. The van der Waals surface area contributed by atoms with Gasteiger partial charge in [-0.05, 0) is 24.6 Å². The summed E-state index contributed by atoms with van der Waals surface area (Å²) < 4.78 is 12.9. The summed E-state index contributed by atoms with van der Waals surface area (Å²) >= 11 is 0. The van der Waals surface area contributed by atoms with Gasteiger partial charge in [-0.3, -0.25) is 4.79 Å². The highest BCUT2D eigenvalue weighted by atomic mass is 19.1. The quantitative estimate of drug-likeness (QED) is 0.484. The highest BCUT2D eigenvalue weighted by Gasteiger charge is 1.96. The van der Waals surface area contributed by atoms with Gasteiger partial charge >= 0.3 is 0 Å². The maximum atomic E-state index is 12.9. The summed E-state index contributed by atoms with van der Waals surface area (Å²) in [6.07, 6.45) is 2.22. The van der Waals surface area contributed by atoms with Gasteiger partial charge in [-0.25, -0.2) is 4.39 Å². The second-order valence-corrected chi connectivity index (χ2v) is 2.53. The summed E-state index contributed by atoms with van der Waals surface area (Å²) in [5, 5.41) is 0. The van der Waals surface area contributed by atoms with Gasteiger partial charge in [0.1, 0.15) is 12.1 Å². The molecule has 0 aromatic heterocycles. The third kappa shape index (κ3) is 2.02. The number of hydrogen-bond acceptors (Lipinski definition) is 1. The molecule has 0 aliphatic heterocycles. The molecule has 0 fully saturated rings. The maximum absolute atomic E-state index is 12.9. The van der Waals surface area contributed by atoms with Gasteiger partial charge in [0, 0.05) is 5.56 Å². The zero-order valence-electron chi connectivity index (χ0n) is 6.75. The predicted molar refractivity (Wildman–Crippen MR) is 46.1 cm³/mol. The number of benzene rings is 1. The normalized spacial score (nSPS) is 11.3. The first kappa shape index (κ1) is 8.65. The van der Waals surface area contributed by atoms with E-state index in [1.54, 1.807) is 25.1 Å². The molecule has 12 heavy (non-hydrogen) atoms. The lowest BCUT2D eigenvalue weighted by Crippen LogP contribution is -1.82. The van der Waals surface area contributed by atoms with E-state index in [0.29, 0.717) is 17.4 Å². The zero-order chi connectivity index (χ0) is 8.97. The van der Waals surface area contributed by atoms with Crippen LogP contribution in [0.25, 0.3) is 6.08 Å². The average Bonchev–Trinajstić information content (AvgIpc) is 2.09. The molecule has 0 aliphatic carbocycles. The second kappa shape index (κ2) is 3.81. The van der Waals surface area contributed by atoms with Crippen molar-refractivity contribution in [3.8, 4) is 0 Å². The summed E-state index contributed by atoms with van der Waals surface area (Å²) in [4.78, 5) is 10.2. The number of halogens is 1. The van der Waals surface area contributed by atoms with Crippen LogP contribution in [-0.4, -0.2) is 6.29 Å². The van der Waals surface area contributed by atoms with E-state index in [1.165, 1.54) is 12.1 Å². The van der Waals surface area contributed by atoms with Gasteiger partial charge in [0.05, 0.1) is 0 Å². The lowest BCUT2D eigenvalue weighted by atomic mass is 10.1. The van der Waals surface area contributed by atoms with Crippen molar-refractivity contribution in [1.29, 1.82) is 0 Å². The Kier molecular flexibility index (Phi) is 2.75. The van der Waals surface area contributed by atoms with Gasteiger partial charge in [0.15, 0.2) is 0 Å². The van der Waals surface area contributed by atoms with Crippen molar-refractivity contribution >= 4 is 12.4 Å². The molecule has 2 heteroatoms. The number of allylic oxidation sites excluding steroid dienone is 1. The molecular weight excluding hydrogens is 155 g/mol. The van der Waals surface area contributed by atoms with Crippen molar-refractivity contribution < 1.29 is 9.18 Å². The lowest BCUT2D eigenvalue weighted by Gasteiger charge is -1.95. The summed E-state index contributed by atoms with van der Waals surface area (Å²) in [5.74, 6) is -0.307. The zero-order valence-corrected chi connectivity index (χ0v) is 6.75. The topological polar surface area (TPSA) is 17.1 Å². The van der Waals surface area contributed by atoms with Gasteiger partial charge in [-0.1, -0.05) is 18.2 Å². The van der Waals surface area contributed by atoms with Gasteiger partial charge < -0.3 is 0 Å². The molecule has 0 aliphatic rings. The van der Waals surface area contributed by atoms with E-state index in [-0.39, 0.29) is 5.82 Å². The van der Waals surface area contributed by atoms with Gasteiger partial charge in [0.25, 0.3) is 0 Å². The van der Waals surface area contributed by atoms with E-state index in [1.807, 2.05) is 0 Å². The van der Waals surface area contributed by atoms with E-state index in [9.17, 15) is 9.18 Å². The fourth-order valence-corrected chi connectivity index (χ4v) is 0.871. The van der Waals surface area contributed by atoms with Crippen LogP contribution < -0.4 is 0 Å². The summed E-state index contributed by atoms with van der Waals surface area (Å²) in [6, 6.07) is 6.34. The van der Waals surface area contributed by atoms with Crippen LogP contribution in [0.5, 0.6) is 0 Å². The monoisotopic (exact) mass is 164 g/mol. The fraction of sp³-hybridized carbons (Fsp3) is 0.100. The highest BCUT2D eigenvalue weighted by Crippen LogP contribution is 2.09. The van der Waals surface area contributed by atoms with Gasteiger partial charge in [-0.15, -0.1) is 0 Å². The largest absolute Gasteiger partial charge is 0.298 e. The van der Waals surface area contributed by atoms with Crippen molar-refractivity contribution in [3.05, 3.63) is 41.2 Å². The lowest BCUT2D eigenvalue weighted by molar-refractivity contribution is -0.104. The third-order valence-corrected chi connectivity index (χ3v) is 1.47. The molecule has 0 atom stereocenters. The number of aldehydes is 1. The maximum Gasteiger partial charge on any atom is 0.145 e. The van der Waals surface area contributed by atoms with Crippen molar-refractivity contribution in [2.24, 2.45) is 0 Å². The number of rotatable bonds is 2. The molecule has 0 saturated heterocycles. The second-order valence-electron chi connectivity index (χ2n) is 2.53. The highest BCUT2D eigenvalue weighted by molar-refractivity contribution is 5.80. The molecule has 0 heterocycles. The molecular formula is C10H9FO. The molecule has 1 nitrogen and oxygen atoms in total. The Morgan fingerprint density at radius 1 is 1.42 bits per heavy atom. The Labute approximate surface area is 70.5 Å². The van der Waals surface area contributed by atoms with E-state index >= 15 is 0 Å². The van der Waals surface area contributed by atoms with Gasteiger partial charge in [0.2, 0.25) is 0 Å². The Morgan fingerprint density at radius 2 is 2.08 bits per heavy atom. The number of carbonyl (C=O) groups is 1. The van der Waals surface area contributed by atoms with E-state index < -0.39 is 0 Å². The fourth-order valence-electron chi connectivity index (χ4n) is 0.871. The number of carbonyl (C=O) groups excluding carboxylic acids is 1. The first-order valence-electron chi connectivity index (χ1n) is 3.62. The Balaban J connectivity index is 3.04. The first-order chi connectivity index (χ1) is 5.74. The average molecular weight is 164 g/mol. The molecule has 0 N–H and O–H groups in total. The third-order valence-electron chi connectivity index (χ3n) is 1.47. The van der Waals surface area contributed by atoms with Crippen LogP contribution in [0.4, 0.5) is 4.39 Å². The van der Waals surface area contributed by atoms with Crippen LogP contribution in [0, 0.1) is 5.82 Å². The molecule has 0 radical (unpaired) electrons. The van der Waals surface area contributed by atoms with Crippen molar-refractivity contribution in [2.45, 2.75) is 6.92 Å². The minimum absolute atomic E-state index is 0.307. The molecule has 0 unspecified atom stereocenters. The van der Waals surface area contributed by atoms with Crippen molar-refractivity contribution in [1.82, 2.24) is 0 Å².